The molecular formula is C10H20O9. The molecule has 9 nitrogen and oxygen atoms in total. The summed E-state index contributed by atoms with van der Waals surface area (Å²) in [6, 6.07) is 0. The van der Waals surface area contributed by atoms with E-state index in [0.717, 1.165) is 0 Å². The van der Waals surface area contributed by atoms with E-state index >= 15 is 0 Å². The van der Waals surface area contributed by atoms with Gasteiger partial charge in [-0.05, 0) is 0 Å². The van der Waals surface area contributed by atoms with Gasteiger partial charge in [0.15, 0.2) is 6.29 Å². The maximum atomic E-state index is 9.59. The van der Waals surface area contributed by atoms with Crippen LogP contribution >= 0.6 is 0 Å². The Labute approximate surface area is 109 Å². The van der Waals surface area contributed by atoms with Crippen molar-refractivity contribution in [3.8, 4) is 0 Å². The van der Waals surface area contributed by atoms with E-state index < -0.39 is 62.7 Å². The fourth-order valence-corrected chi connectivity index (χ4v) is 1.63. The summed E-state index contributed by atoms with van der Waals surface area (Å²) in [5.41, 5.74) is 0. The Morgan fingerprint density at radius 1 is 0.947 bits per heavy atom. The first kappa shape index (κ1) is 16.7. The Morgan fingerprint density at radius 2 is 1.58 bits per heavy atom. The van der Waals surface area contributed by atoms with E-state index in [0.29, 0.717) is 0 Å². The maximum absolute atomic E-state index is 9.59. The first-order chi connectivity index (χ1) is 8.92. The molecular weight excluding hydrogens is 264 g/mol. The first-order valence-corrected chi connectivity index (χ1v) is 5.81. The van der Waals surface area contributed by atoms with Crippen LogP contribution in [0, 0.1) is 0 Å². The monoisotopic (exact) mass is 284 g/mol. The van der Waals surface area contributed by atoms with Gasteiger partial charge in [0.25, 0.3) is 0 Å². The van der Waals surface area contributed by atoms with Crippen LogP contribution in [-0.4, -0.2) is 98.5 Å². The largest absolute Gasteiger partial charge is 0.394 e. The van der Waals surface area contributed by atoms with Crippen LogP contribution in [0.3, 0.4) is 0 Å². The molecule has 0 aromatic carbocycles. The quantitative estimate of drug-likeness (QED) is 0.255. The standard InChI is InChI=1S/C10H20O9/c11-1-4(13)5(14)3-18-10-9(17)8(16)7(15)6(2-12)19-10/h4-17H,1-3H2/t4-,5+,6+,7?,8-,9-,10+/m0/s1. The molecule has 1 rings (SSSR count). The summed E-state index contributed by atoms with van der Waals surface area (Å²) in [5.74, 6) is 0. The predicted molar refractivity (Wildman–Crippen MR) is 58.8 cm³/mol. The number of hydrogen-bond donors (Lipinski definition) is 7. The van der Waals surface area contributed by atoms with Crippen molar-refractivity contribution in [1.29, 1.82) is 0 Å². The van der Waals surface area contributed by atoms with Crippen molar-refractivity contribution in [3.63, 3.8) is 0 Å². The van der Waals surface area contributed by atoms with E-state index in [1.807, 2.05) is 0 Å². The van der Waals surface area contributed by atoms with Crippen LogP contribution in [0.1, 0.15) is 0 Å². The van der Waals surface area contributed by atoms with Gasteiger partial charge in [0.1, 0.15) is 36.6 Å². The van der Waals surface area contributed by atoms with Crippen LogP contribution in [0.4, 0.5) is 0 Å². The molecule has 7 N–H and O–H groups in total. The molecule has 0 bridgehead atoms. The number of rotatable bonds is 6. The fraction of sp³-hybridized carbons (Fsp3) is 1.00. The summed E-state index contributed by atoms with van der Waals surface area (Å²) >= 11 is 0. The SMILES string of the molecule is OC[C@H]1O[C@@H](OC[C@@H](O)[C@@H](O)CO)[C@@H](O)[C@@H](O)C1O. The van der Waals surface area contributed by atoms with Crippen LogP contribution in [0.5, 0.6) is 0 Å². The lowest BCUT2D eigenvalue weighted by molar-refractivity contribution is -0.306. The van der Waals surface area contributed by atoms with Crippen LogP contribution in [0.25, 0.3) is 0 Å². The highest BCUT2D eigenvalue weighted by Gasteiger charge is 2.44. The number of ether oxygens (including phenoxy) is 2. The molecule has 1 heterocycles. The van der Waals surface area contributed by atoms with Gasteiger partial charge in [0, 0.05) is 0 Å². The van der Waals surface area contributed by atoms with Gasteiger partial charge >= 0.3 is 0 Å². The highest BCUT2D eigenvalue weighted by molar-refractivity contribution is 4.89. The average molecular weight is 284 g/mol. The van der Waals surface area contributed by atoms with Crippen LogP contribution in [-0.2, 0) is 9.47 Å². The highest BCUT2D eigenvalue weighted by Crippen LogP contribution is 2.22. The summed E-state index contributed by atoms with van der Waals surface area (Å²) in [5, 5.41) is 64.5. The van der Waals surface area contributed by atoms with Crippen LogP contribution in [0.2, 0.25) is 0 Å². The Bertz CT molecular complexity index is 261. The minimum Gasteiger partial charge on any atom is -0.394 e. The second-order valence-electron chi connectivity index (χ2n) is 4.35. The molecule has 19 heavy (non-hydrogen) atoms. The Kier molecular flexibility index (Phi) is 6.53. The van der Waals surface area contributed by atoms with Crippen molar-refractivity contribution in [2.75, 3.05) is 19.8 Å². The molecule has 1 fully saturated rings. The molecule has 1 saturated heterocycles. The molecule has 7 atom stereocenters. The van der Waals surface area contributed by atoms with E-state index in [2.05, 4.69) is 0 Å². The molecule has 1 unspecified atom stereocenters. The van der Waals surface area contributed by atoms with Gasteiger partial charge in [0.05, 0.1) is 19.8 Å². The molecule has 0 saturated carbocycles. The van der Waals surface area contributed by atoms with Gasteiger partial charge in [-0.2, -0.15) is 0 Å². The smallest absolute Gasteiger partial charge is 0.186 e. The van der Waals surface area contributed by atoms with Crippen molar-refractivity contribution >= 4 is 0 Å². The zero-order chi connectivity index (χ0) is 14.6. The van der Waals surface area contributed by atoms with Crippen LogP contribution < -0.4 is 0 Å². The zero-order valence-corrected chi connectivity index (χ0v) is 10.1. The molecule has 0 aromatic rings. The van der Waals surface area contributed by atoms with Crippen molar-refractivity contribution < 1.29 is 45.2 Å². The van der Waals surface area contributed by atoms with Crippen LogP contribution in [0.15, 0.2) is 0 Å². The first-order valence-electron chi connectivity index (χ1n) is 5.81. The maximum Gasteiger partial charge on any atom is 0.186 e. The van der Waals surface area contributed by atoms with Crippen molar-refractivity contribution in [2.24, 2.45) is 0 Å². The molecule has 0 amide bonds. The van der Waals surface area contributed by atoms with Crippen molar-refractivity contribution in [2.45, 2.75) is 42.9 Å². The second kappa shape index (κ2) is 7.43. The van der Waals surface area contributed by atoms with Gasteiger partial charge in [-0.25, -0.2) is 0 Å². The Morgan fingerprint density at radius 3 is 2.11 bits per heavy atom. The normalized spacial score (nSPS) is 39.0. The zero-order valence-electron chi connectivity index (χ0n) is 10.1. The molecule has 0 aromatic heterocycles. The molecule has 0 radical (unpaired) electrons. The van der Waals surface area contributed by atoms with E-state index in [-0.39, 0.29) is 0 Å². The topological polar surface area (TPSA) is 160 Å². The van der Waals surface area contributed by atoms with E-state index in [9.17, 15) is 20.4 Å². The second-order valence-corrected chi connectivity index (χ2v) is 4.35. The Balaban J connectivity index is 2.52. The molecule has 9 heteroatoms. The summed E-state index contributed by atoms with van der Waals surface area (Å²) in [4.78, 5) is 0. The molecule has 0 aliphatic carbocycles. The summed E-state index contributed by atoms with van der Waals surface area (Å²) in [6.07, 6.45) is -9.94. The lowest BCUT2D eigenvalue weighted by Crippen LogP contribution is -2.59. The van der Waals surface area contributed by atoms with Crippen molar-refractivity contribution in [3.05, 3.63) is 0 Å². The highest BCUT2D eigenvalue weighted by atomic mass is 16.7. The minimum atomic E-state index is -1.57. The fourth-order valence-electron chi connectivity index (χ4n) is 1.63. The van der Waals surface area contributed by atoms with Gasteiger partial charge in [-0.1, -0.05) is 0 Å². The lowest BCUT2D eigenvalue weighted by Gasteiger charge is -2.39. The van der Waals surface area contributed by atoms with Gasteiger partial charge in [0.2, 0.25) is 0 Å². The molecule has 1 aliphatic rings. The van der Waals surface area contributed by atoms with Crippen molar-refractivity contribution in [1.82, 2.24) is 0 Å². The average Bonchev–Trinajstić information content (AvgIpc) is 2.42. The molecule has 1 aliphatic heterocycles. The number of aliphatic hydroxyl groups excluding tert-OH is 7. The summed E-state index contributed by atoms with van der Waals surface area (Å²) < 4.78 is 9.96. The number of aliphatic hydroxyl groups is 7. The van der Waals surface area contributed by atoms with E-state index in [1.54, 1.807) is 0 Å². The third kappa shape index (κ3) is 4.05. The lowest BCUT2D eigenvalue weighted by atomic mass is 9.99. The molecule has 0 spiro atoms. The third-order valence-corrected chi connectivity index (χ3v) is 2.91. The summed E-state index contributed by atoms with van der Waals surface area (Å²) in [6.45, 7) is -1.73. The third-order valence-electron chi connectivity index (χ3n) is 2.91. The van der Waals surface area contributed by atoms with Gasteiger partial charge in [-0.3, -0.25) is 0 Å². The van der Waals surface area contributed by atoms with Gasteiger partial charge < -0.3 is 45.2 Å². The summed E-state index contributed by atoms with van der Waals surface area (Å²) in [7, 11) is 0. The Hall–Kier alpha value is -0.360. The van der Waals surface area contributed by atoms with E-state index in [1.165, 1.54) is 0 Å². The van der Waals surface area contributed by atoms with Gasteiger partial charge in [-0.15, -0.1) is 0 Å². The molecule has 114 valence electrons. The minimum absolute atomic E-state index is 0.468. The van der Waals surface area contributed by atoms with E-state index in [4.69, 9.17) is 24.8 Å². The number of hydrogen-bond acceptors (Lipinski definition) is 9. The predicted octanol–water partition coefficient (Wildman–Crippen LogP) is -4.48.